The second-order valence-electron chi connectivity index (χ2n) is 4.32. The van der Waals surface area contributed by atoms with E-state index in [1.165, 1.54) is 18.3 Å². The first-order valence-electron chi connectivity index (χ1n) is 6.05. The molecule has 1 N–H and O–H groups in total. The second-order valence-corrected chi connectivity index (χ2v) is 4.32. The number of rotatable bonds is 4. The van der Waals surface area contributed by atoms with E-state index in [9.17, 15) is 9.50 Å². The summed E-state index contributed by atoms with van der Waals surface area (Å²) in [6.45, 7) is 1.71. The molecule has 0 fully saturated rings. The average Bonchev–Trinajstić information content (AvgIpc) is 2.46. The number of hydrogen-bond acceptors (Lipinski definition) is 4. The molecule has 0 radical (unpaired) electrons. The molecular formula is C15H13FN2O2. The highest BCUT2D eigenvalue weighted by Gasteiger charge is 2.08. The number of nitrogens with zero attached hydrogens (tertiary/aromatic N) is 2. The van der Waals surface area contributed by atoms with Gasteiger partial charge in [-0.1, -0.05) is 6.07 Å². The Morgan fingerprint density at radius 3 is 2.85 bits per heavy atom. The van der Waals surface area contributed by atoms with E-state index >= 15 is 0 Å². The maximum atomic E-state index is 13.8. The lowest BCUT2D eigenvalue weighted by Gasteiger charge is -2.10. The van der Waals surface area contributed by atoms with Gasteiger partial charge < -0.3 is 9.84 Å². The maximum Gasteiger partial charge on any atom is 0.165 e. The van der Waals surface area contributed by atoms with E-state index in [4.69, 9.17) is 10.00 Å². The number of aromatic nitrogens is 1. The van der Waals surface area contributed by atoms with Gasteiger partial charge in [0.15, 0.2) is 11.6 Å². The van der Waals surface area contributed by atoms with E-state index in [1.807, 2.05) is 6.07 Å². The lowest BCUT2D eigenvalue weighted by Crippen LogP contribution is -2.00. The van der Waals surface area contributed by atoms with Crippen molar-refractivity contribution in [1.82, 2.24) is 4.98 Å². The third-order valence-electron chi connectivity index (χ3n) is 2.77. The largest absolute Gasteiger partial charge is 0.486 e. The van der Waals surface area contributed by atoms with Crippen LogP contribution in [0, 0.1) is 17.1 Å². The van der Waals surface area contributed by atoms with Gasteiger partial charge in [-0.05, 0) is 42.3 Å². The second kappa shape index (κ2) is 6.13. The smallest absolute Gasteiger partial charge is 0.165 e. The fourth-order valence-electron chi connectivity index (χ4n) is 1.68. The molecule has 5 heteroatoms. The molecule has 0 bridgehead atoms. The summed E-state index contributed by atoms with van der Waals surface area (Å²) in [5.41, 5.74) is 1.51. The highest BCUT2D eigenvalue weighted by molar-refractivity contribution is 5.31. The predicted octanol–water partition coefficient (Wildman–Crippen LogP) is 2.72. The summed E-state index contributed by atoms with van der Waals surface area (Å²) in [6, 6.07) is 9.54. The van der Waals surface area contributed by atoms with Crippen molar-refractivity contribution in [3.05, 3.63) is 59.2 Å². The van der Waals surface area contributed by atoms with Gasteiger partial charge in [0.1, 0.15) is 18.4 Å². The summed E-state index contributed by atoms with van der Waals surface area (Å²) in [4.78, 5) is 3.84. The quantitative estimate of drug-likeness (QED) is 0.929. The number of pyridine rings is 1. The fourth-order valence-corrected chi connectivity index (χ4v) is 1.68. The minimum atomic E-state index is -0.725. The van der Waals surface area contributed by atoms with Crippen molar-refractivity contribution in [2.45, 2.75) is 19.6 Å². The van der Waals surface area contributed by atoms with Crippen molar-refractivity contribution in [2.75, 3.05) is 0 Å². The van der Waals surface area contributed by atoms with Crippen molar-refractivity contribution >= 4 is 0 Å². The molecule has 0 spiro atoms. The Kier molecular flexibility index (Phi) is 4.28. The third-order valence-corrected chi connectivity index (χ3v) is 2.77. The molecule has 0 amide bonds. The molecule has 0 aliphatic rings. The number of aliphatic hydroxyl groups is 1. The van der Waals surface area contributed by atoms with Gasteiger partial charge in [-0.25, -0.2) is 9.37 Å². The molecule has 102 valence electrons. The molecule has 1 aromatic carbocycles. The highest BCUT2D eigenvalue weighted by Crippen LogP contribution is 2.22. The molecule has 2 aromatic rings. The van der Waals surface area contributed by atoms with Crippen molar-refractivity contribution in [2.24, 2.45) is 0 Å². The molecule has 20 heavy (non-hydrogen) atoms. The van der Waals surface area contributed by atoms with Gasteiger partial charge in [-0.3, -0.25) is 0 Å². The van der Waals surface area contributed by atoms with Gasteiger partial charge in [-0.2, -0.15) is 5.26 Å². The van der Waals surface area contributed by atoms with E-state index < -0.39 is 11.9 Å². The first-order chi connectivity index (χ1) is 9.60. The lowest BCUT2D eigenvalue weighted by molar-refractivity contribution is 0.198. The monoisotopic (exact) mass is 272 g/mol. The van der Waals surface area contributed by atoms with Crippen LogP contribution in [-0.4, -0.2) is 10.1 Å². The van der Waals surface area contributed by atoms with Crippen LogP contribution in [0.3, 0.4) is 0 Å². The van der Waals surface area contributed by atoms with Gasteiger partial charge >= 0.3 is 0 Å². The summed E-state index contributed by atoms with van der Waals surface area (Å²) >= 11 is 0. The Morgan fingerprint density at radius 2 is 2.20 bits per heavy atom. The van der Waals surface area contributed by atoms with Crippen molar-refractivity contribution in [3.8, 4) is 11.8 Å². The Bertz CT molecular complexity index is 651. The zero-order valence-corrected chi connectivity index (χ0v) is 10.9. The minimum absolute atomic E-state index is 0.102. The summed E-state index contributed by atoms with van der Waals surface area (Å²) in [5, 5.41) is 18.1. The molecule has 0 aliphatic heterocycles. The summed E-state index contributed by atoms with van der Waals surface area (Å²) < 4.78 is 19.1. The molecule has 1 aromatic heterocycles. The molecule has 0 aliphatic carbocycles. The van der Waals surface area contributed by atoms with E-state index in [0.717, 1.165) is 5.56 Å². The molecule has 1 atom stereocenters. The summed E-state index contributed by atoms with van der Waals surface area (Å²) in [7, 11) is 0. The zero-order valence-electron chi connectivity index (χ0n) is 10.9. The Labute approximate surface area is 116 Å². The first-order valence-corrected chi connectivity index (χ1v) is 6.05. The molecular weight excluding hydrogens is 259 g/mol. The molecule has 0 saturated carbocycles. The van der Waals surface area contributed by atoms with E-state index in [0.29, 0.717) is 5.56 Å². The number of nitriles is 1. The van der Waals surface area contributed by atoms with Crippen LogP contribution in [0.15, 0.2) is 36.5 Å². The van der Waals surface area contributed by atoms with Crippen LogP contribution < -0.4 is 4.74 Å². The van der Waals surface area contributed by atoms with Gasteiger partial charge in [0, 0.05) is 6.20 Å². The fraction of sp³-hybridized carbons (Fsp3) is 0.200. The highest BCUT2D eigenvalue weighted by atomic mass is 19.1. The van der Waals surface area contributed by atoms with Crippen LogP contribution in [0.1, 0.15) is 29.8 Å². The van der Waals surface area contributed by atoms with Crippen molar-refractivity contribution in [1.29, 1.82) is 5.26 Å². The topological polar surface area (TPSA) is 66.1 Å². The Morgan fingerprint density at radius 1 is 1.40 bits per heavy atom. The number of hydrogen-bond donors (Lipinski definition) is 1. The minimum Gasteiger partial charge on any atom is -0.486 e. The van der Waals surface area contributed by atoms with E-state index in [2.05, 4.69) is 4.98 Å². The van der Waals surface area contributed by atoms with Crippen LogP contribution in [0.5, 0.6) is 5.75 Å². The number of benzene rings is 1. The van der Waals surface area contributed by atoms with Crippen LogP contribution in [0.2, 0.25) is 0 Å². The van der Waals surface area contributed by atoms with Gasteiger partial charge in [0.25, 0.3) is 0 Å². The number of halogens is 1. The van der Waals surface area contributed by atoms with Gasteiger partial charge in [0.2, 0.25) is 0 Å². The molecule has 1 heterocycles. The number of aliphatic hydroxyl groups excluding tert-OH is 1. The average molecular weight is 272 g/mol. The van der Waals surface area contributed by atoms with Crippen LogP contribution in [0.4, 0.5) is 4.39 Å². The number of ether oxygens (including phenoxy) is 1. The van der Waals surface area contributed by atoms with Crippen molar-refractivity contribution < 1.29 is 14.2 Å². The SMILES string of the molecule is C[C@@H](O)c1ccc(OCc2ccnc(C#N)c2)c(F)c1. The van der Waals surface area contributed by atoms with E-state index in [1.54, 1.807) is 25.1 Å². The molecule has 2 rings (SSSR count). The van der Waals surface area contributed by atoms with Crippen LogP contribution in [0.25, 0.3) is 0 Å². The summed E-state index contributed by atoms with van der Waals surface area (Å²) in [6.07, 6.45) is 0.779. The maximum absolute atomic E-state index is 13.8. The van der Waals surface area contributed by atoms with Crippen LogP contribution in [-0.2, 0) is 6.61 Å². The third kappa shape index (κ3) is 3.31. The Balaban J connectivity index is 2.09. The molecule has 0 saturated heterocycles. The van der Waals surface area contributed by atoms with Gasteiger partial charge in [0.05, 0.1) is 6.10 Å². The van der Waals surface area contributed by atoms with E-state index in [-0.39, 0.29) is 18.1 Å². The molecule has 0 unspecified atom stereocenters. The standard InChI is InChI=1S/C15H13FN2O2/c1-10(19)12-2-3-15(14(16)7-12)20-9-11-4-5-18-13(6-11)8-17/h2-7,10,19H,9H2,1H3/t10-/m1/s1. The summed E-state index contributed by atoms with van der Waals surface area (Å²) in [5.74, 6) is -0.428. The zero-order chi connectivity index (χ0) is 14.5. The predicted molar refractivity (Wildman–Crippen MR) is 70.3 cm³/mol. The van der Waals surface area contributed by atoms with Crippen molar-refractivity contribution in [3.63, 3.8) is 0 Å². The normalized spacial score (nSPS) is 11.7. The first kappa shape index (κ1) is 14.0. The van der Waals surface area contributed by atoms with Gasteiger partial charge in [-0.15, -0.1) is 0 Å². The molecule has 4 nitrogen and oxygen atoms in total. The lowest BCUT2D eigenvalue weighted by atomic mass is 10.1. The van der Waals surface area contributed by atoms with Crippen LogP contribution >= 0.6 is 0 Å². The Hall–Kier alpha value is -2.45.